The fourth-order valence-corrected chi connectivity index (χ4v) is 0.397. The Morgan fingerprint density at radius 2 is 2.86 bits per heavy atom. The lowest BCUT2D eigenvalue weighted by molar-refractivity contribution is 0.345. The molecule has 0 saturated heterocycles. The Labute approximate surface area is 43.2 Å². The molecule has 2 nitrogen and oxygen atoms in total. The van der Waals surface area contributed by atoms with Crippen molar-refractivity contribution in [3.8, 4) is 0 Å². The maximum Gasteiger partial charge on any atom is 0.311 e. The van der Waals surface area contributed by atoms with Gasteiger partial charge < -0.3 is 10.1 Å². The van der Waals surface area contributed by atoms with Crippen LogP contribution in [0.5, 0.6) is 0 Å². The van der Waals surface area contributed by atoms with Crippen molar-refractivity contribution in [3.05, 3.63) is 18.7 Å². The summed E-state index contributed by atoms with van der Waals surface area (Å²) in [7, 11) is 0. The van der Waals surface area contributed by atoms with Crippen molar-refractivity contribution in [2.24, 2.45) is 0 Å². The maximum atomic E-state index is 4.62. The van der Waals surface area contributed by atoms with Gasteiger partial charge in [0.05, 0.1) is 0 Å². The number of nitrogens with one attached hydrogen (secondary N) is 1. The molecule has 0 unspecified atom stereocenters. The molecule has 0 aromatic heterocycles. The summed E-state index contributed by atoms with van der Waals surface area (Å²) in [5, 5.41) is 2.80. The Bertz CT molecular complexity index is 88.1. The van der Waals surface area contributed by atoms with Crippen molar-refractivity contribution in [2.75, 3.05) is 0 Å². The molecule has 1 aliphatic rings. The second kappa shape index (κ2) is 1.87. The molecule has 0 atom stereocenters. The lowest BCUT2D eigenvalue weighted by atomic mass is 10.4. The van der Waals surface area contributed by atoms with Crippen molar-refractivity contribution >= 4 is 0 Å². The monoisotopic (exact) mass is 97.1 g/mol. The number of allylic oxidation sites excluding steroid dienone is 1. The van der Waals surface area contributed by atoms with Crippen LogP contribution in [0.15, 0.2) is 12.0 Å². The van der Waals surface area contributed by atoms with Crippen molar-refractivity contribution in [1.82, 2.24) is 5.32 Å². The summed E-state index contributed by atoms with van der Waals surface area (Å²) in [4.78, 5) is 0. The lowest BCUT2D eigenvalue weighted by Crippen LogP contribution is -2.00. The molecule has 1 aliphatic heterocycles. The van der Waals surface area contributed by atoms with E-state index in [-0.39, 0.29) is 0 Å². The summed E-state index contributed by atoms with van der Waals surface area (Å²) < 4.78 is 4.62. The summed E-state index contributed by atoms with van der Waals surface area (Å²) in [5.41, 5.74) is 1.08. The van der Waals surface area contributed by atoms with Gasteiger partial charge in [0.25, 0.3) is 0 Å². The van der Waals surface area contributed by atoms with Crippen LogP contribution >= 0.6 is 0 Å². The molecule has 2 radical (unpaired) electrons. The summed E-state index contributed by atoms with van der Waals surface area (Å²) in [6.45, 7) is 4.53. The van der Waals surface area contributed by atoms with E-state index in [0.29, 0.717) is 0 Å². The zero-order valence-electron chi connectivity index (χ0n) is 4.19. The Morgan fingerprint density at radius 3 is 3.14 bits per heavy atom. The molecular weight excluding hydrogens is 90.1 g/mol. The molecule has 1 N–H and O–H groups in total. The Kier molecular flexibility index (Phi) is 1.20. The van der Waals surface area contributed by atoms with Gasteiger partial charge in [-0.25, -0.2) is 0 Å². The predicted octanol–water partition coefficient (Wildman–Crippen LogP) is 0.854. The van der Waals surface area contributed by atoms with Crippen LogP contribution in [0.1, 0.15) is 13.3 Å². The molecule has 0 amide bonds. The first-order chi connectivity index (χ1) is 3.43. The van der Waals surface area contributed by atoms with Gasteiger partial charge in [-0.15, -0.1) is 0 Å². The van der Waals surface area contributed by atoms with Crippen LogP contribution in [-0.4, -0.2) is 0 Å². The smallest absolute Gasteiger partial charge is 0.311 e. The second-order valence-corrected chi connectivity index (χ2v) is 1.34. The highest BCUT2D eigenvalue weighted by atomic mass is 16.5. The molecule has 1 rings (SSSR count). The van der Waals surface area contributed by atoms with Crippen LogP contribution < -0.4 is 5.32 Å². The molecule has 7 heavy (non-hydrogen) atoms. The molecule has 0 aromatic rings. The normalized spacial score (nSPS) is 17.6. The van der Waals surface area contributed by atoms with Gasteiger partial charge in [-0.3, -0.25) is 0 Å². The molecule has 0 spiro atoms. The fraction of sp³-hybridized carbons (Fsp3) is 0.400. The SMILES string of the molecule is CCC1=CO[C]N1. The summed E-state index contributed by atoms with van der Waals surface area (Å²) in [6.07, 6.45) is 2.63. The van der Waals surface area contributed by atoms with Crippen LogP contribution in [0.2, 0.25) is 0 Å². The highest BCUT2D eigenvalue weighted by molar-refractivity contribution is 4.99. The van der Waals surface area contributed by atoms with Crippen molar-refractivity contribution < 1.29 is 4.74 Å². The minimum absolute atomic E-state index is 0.979. The Balaban J connectivity index is 2.36. The van der Waals surface area contributed by atoms with Crippen molar-refractivity contribution in [3.63, 3.8) is 0 Å². The third-order valence-electron chi connectivity index (χ3n) is 0.853. The zero-order chi connectivity index (χ0) is 5.11. The summed E-state index contributed by atoms with van der Waals surface area (Å²) >= 11 is 0. The Morgan fingerprint density at radius 1 is 2.00 bits per heavy atom. The average molecular weight is 97.1 g/mol. The number of hydrogen-bond donors (Lipinski definition) is 1. The number of rotatable bonds is 1. The maximum absolute atomic E-state index is 4.62. The van der Waals surface area contributed by atoms with Gasteiger partial charge in [0.15, 0.2) is 0 Å². The van der Waals surface area contributed by atoms with Gasteiger partial charge in [0, 0.05) is 5.70 Å². The van der Waals surface area contributed by atoms with Crippen molar-refractivity contribution in [1.29, 1.82) is 0 Å². The van der Waals surface area contributed by atoms with E-state index in [1.165, 1.54) is 0 Å². The van der Waals surface area contributed by atoms with Gasteiger partial charge in [0.1, 0.15) is 6.26 Å². The first-order valence-electron chi connectivity index (χ1n) is 2.29. The van der Waals surface area contributed by atoms with Gasteiger partial charge >= 0.3 is 6.73 Å². The second-order valence-electron chi connectivity index (χ2n) is 1.34. The van der Waals surface area contributed by atoms with Crippen LogP contribution in [-0.2, 0) is 4.74 Å². The predicted molar refractivity (Wildman–Crippen MR) is 25.8 cm³/mol. The fourth-order valence-electron chi connectivity index (χ4n) is 0.397. The van der Waals surface area contributed by atoms with Crippen LogP contribution in [0, 0.1) is 6.73 Å². The quantitative estimate of drug-likeness (QED) is 0.523. The first-order valence-corrected chi connectivity index (χ1v) is 2.29. The molecule has 2 heteroatoms. The largest absolute Gasteiger partial charge is 0.461 e. The highest BCUT2D eigenvalue weighted by Gasteiger charge is 2.00. The highest BCUT2D eigenvalue weighted by Crippen LogP contribution is 2.03. The molecule has 1 heterocycles. The summed E-state index contributed by atoms with van der Waals surface area (Å²) in [5.74, 6) is 0. The van der Waals surface area contributed by atoms with E-state index in [1.54, 1.807) is 6.26 Å². The number of ether oxygens (including phenoxy) is 1. The standard InChI is InChI=1S/C5H7NO/c1-2-5-3-7-4-6-5/h3,6H,2H2,1H3. The van der Waals surface area contributed by atoms with Crippen molar-refractivity contribution in [2.45, 2.75) is 13.3 Å². The van der Waals surface area contributed by atoms with Gasteiger partial charge in [0.2, 0.25) is 0 Å². The first kappa shape index (κ1) is 4.50. The Hall–Kier alpha value is -0.660. The van der Waals surface area contributed by atoms with Crippen LogP contribution in [0.25, 0.3) is 0 Å². The minimum Gasteiger partial charge on any atom is -0.461 e. The van der Waals surface area contributed by atoms with Gasteiger partial charge in [-0.05, 0) is 6.42 Å². The van der Waals surface area contributed by atoms with E-state index >= 15 is 0 Å². The molecule has 0 fully saturated rings. The van der Waals surface area contributed by atoms with E-state index in [4.69, 9.17) is 0 Å². The van der Waals surface area contributed by atoms with E-state index < -0.39 is 0 Å². The molecular formula is C5H7NO. The van der Waals surface area contributed by atoms with Gasteiger partial charge in [-0.2, -0.15) is 0 Å². The van der Waals surface area contributed by atoms with Gasteiger partial charge in [-0.1, -0.05) is 6.92 Å². The zero-order valence-corrected chi connectivity index (χ0v) is 4.19. The molecule has 0 aromatic carbocycles. The van der Waals surface area contributed by atoms with E-state index in [9.17, 15) is 0 Å². The van der Waals surface area contributed by atoms with Crippen LogP contribution in [0.3, 0.4) is 0 Å². The summed E-state index contributed by atoms with van der Waals surface area (Å²) in [6, 6.07) is 0. The number of hydrogen-bond acceptors (Lipinski definition) is 2. The average Bonchev–Trinajstić information content (AvgIpc) is 2.14. The minimum atomic E-state index is 0.979. The molecule has 0 bridgehead atoms. The topological polar surface area (TPSA) is 21.3 Å². The van der Waals surface area contributed by atoms with E-state index in [0.717, 1.165) is 12.1 Å². The van der Waals surface area contributed by atoms with E-state index in [1.807, 2.05) is 0 Å². The van der Waals surface area contributed by atoms with E-state index in [2.05, 4.69) is 23.7 Å². The molecule has 0 saturated carbocycles. The third-order valence-corrected chi connectivity index (χ3v) is 0.853. The molecule has 38 valence electrons. The molecule has 0 aliphatic carbocycles. The van der Waals surface area contributed by atoms with Crippen LogP contribution in [0.4, 0.5) is 0 Å². The third kappa shape index (κ3) is 0.856. The lowest BCUT2D eigenvalue weighted by Gasteiger charge is -1.88.